The van der Waals surface area contributed by atoms with Crippen LogP contribution in [0.5, 0.6) is 5.75 Å². The number of hydrogen-bond donors (Lipinski definition) is 0. The van der Waals surface area contributed by atoms with Crippen LogP contribution in [0.1, 0.15) is 33.6 Å². The molecule has 0 N–H and O–H groups in total. The van der Waals surface area contributed by atoms with Crippen molar-refractivity contribution in [3.8, 4) is 17.1 Å². The van der Waals surface area contributed by atoms with Crippen LogP contribution in [0.15, 0.2) is 71.3 Å². The molecule has 5 heteroatoms. The molecule has 0 radical (unpaired) electrons. The number of ether oxygens (including phenoxy) is 1. The molecule has 5 nitrogen and oxygen atoms in total. The second-order valence-electron chi connectivity index (χ2n) is 7.21. The van der Waals surface area contributed by atoms with E-state index in [0.717, 1.165) is 24.2 Å². The maximum Gasteiger partial charge on any atom is 0.253 e. The van der Waals surface area contributed by atoms with Crippen molar-refractivity contribution in [1.82, 2.24) is 4.90 Å². The summed E-state index contributed by atoms with van der Waals surface area (Å²) in [6.07, 6.45) is 3.21. The SMILES string of the molecule is COc1ccccc1C(=O)C1CCCN(C(=O)c2ccc(-c3ccco3)cc2)C1. The van der Waals surface area contributed by atoms with Gasteiger partial charge < -0.3 is 14.1 Å². The normalized spacial score (nSPS) is 16.4. The predicted octanol–water partition coefficient (Wildman–Crippen LogP) is 4.69. The van der Waals surface area contributed by atoms with E-state index in [4.69, 9.17) is 9.15 Å². The molecule has 1 aromatic heterocycles. The van der Waals surface area contributed by atoms with Gasteiger partial charge in [-0.15, -0.1) is 0 Å². The smallest absolute Gasteiger partial charge is 0.253 e. The van der Waals surface area contributed by atoms with Gasteiger partial charge in [-0.2, -0.15) is 0 Å². The first-order valence-electron chi connectivity index (χ1n) is 9.78. The Morgan fingerprint density at radius 1 is 1.03 bits per heavy atom. The Labute approximate surface area is 169 Å². The predicted molar refractivity (Wildman–Crippen MR) is 110 cm³/mol. The largest absolute Gasteiger partial charge is 0.496 e. The van der Waals surface area contributed by atoms with Crippen molar-refractivity contribution >= 4 is 11.7 Å². The zero-order valence-corrected chi connectivity index (χ0v) is 16.3. The summed E-state index contributed by atoms with van der Waals surface area (Å²) in [6.45, 7) is 1.09. The molecular formula is C24H23NO4. The molecule has 0 spiro atoms. The first kappa shape index (κ1) is 19.0. The van der Waals surface area contributed by atoms with Crippen LogP contribution in [-0.4, -0.2) is 36.8 Å². The molecule has 3 aromatic rings. The molecule has 29 heavy (non-hydrogen) atoms. The number of nitrogens with zero attached hydrogens (tertiary/aromatic N) is 1. The quantitative estimate of drug-likeness (QED) is 0.594. The molecule has 1 atom stereocenters. The first-order valence-corrected chi connectivity index (χ1v) is 9.78. The van der Waals surface area contributed by atoms with Crippen molar-refractivity contribution in [2.75, 3.05) is 20.2 Å². The summed E-state index contributed by atoms with van der Waals surface area (Å²) in [6, 6.07) is 18.4. The van der Waals surface area contributed by atoms with Crippen LogP contribution >= 0.6 is 0 Å². The lowest BCUT2D eigenvalue weighted by molar-refractivity contribution is 0.0636. The molecule has 1 aliphatic heterocycles. The molecule has 1 amide bonds. The molecule has 0 aliphatic carbocycles. The molecule has 1 unspecified atom stereocenters. The van der Waals surface area contributed by atoms with Crippen molar-refractivity contribution in [3.63, 3.8) is 0 Å². The highest BCUT2D eigenvalue weighted by atomic mass is 16.5. The van der Waals surface area contributed by atoms with Crippen LogP contribution in [0, 0.1) is 5.92 Å². The van der Waals surface area contributed by atoms with Gasteiger partial charge in [0, 0.05) is 30.1 Å². The Morgan fingerprint density at radius 2 is 1.83 bits per heavy atom. The van der Waals surface area contributed by atoms with E-state index in [2.05, 4.69) is 0 Å². The summed E-state index contributed by atoms with van der Waals surface area (Å²) in [7, 11) is 1.56. The highest BCUT2D eigenvalue weighted by Gasteiger charge is 2.30. The fraction of sp³-hybridized carbons (Fsp3) is 0.250. The third-order valence-corrected chi connectivity index (χ3v) is 5.39. The molecule has 2 heterocycles. The van der Waals surface area contributed by atoms with Gasteiger partial charge in [0.05, 0.1) is 18.9 Å². The maximum absolute atomic E-state index is 13.0. The van der Waals surface area contributed by atoms with E-state index in [1.54, 1.807) is 30.4 Å². The van der Waals surface area contributed by atoms with E-state index < -0.39 is 0 Å². The van der Waals surface area contributed by atoms with E-state index in [-0.39, 0.29) is 17.6 Å². The van der Waals surface area contributed by atoms with Crippen molar-refractivity contribution < 1.29 is 18.7 Å². The van der Waals surface area contributed by atoms with E-state index >= 15 is 0 Å². The first-order chi connectivity index (χ1) is 14.2. The van der Waals surface area contributed by atoms with Crippen LogP contribution in [-0.2, 0) is 0 Å². The molecule has 2 aromatic carbocycles. The number of furan rings is 1. The number of methoxy groups -OCH3 is 1. The fourth-order valence-electron chi connectivity index (χ4n) is 3.85. The zero-order valence-electron chi connectivity index (χ0n) is 16.3. The number of piperidine rings is 1. The Bertz CT molecular complexity index is 992. The van der Waals surface area contributed by atoms with E-state index in [0.29, 0.717) is 30.0 Å². The Balaban J connectivity index is 1.48. The monoisotopic (exact) mass is 389 g/mol. The van der Waals surface area contributed by atoms with Gasteiger partial charge in [0.15, 0.2) is 5.78 Å². The van der Waals surface area contributed by atoms with Crippen LogP contribution < -0.4 is 4.74 Å². The molecule has 0 saturated carbocycles. The standard InChI is InChI=1S/C24H23NO4/c1-28-22-8-3-2-7-20(22)23(26)19-6-4-14-25(16-19)24(27)18-12-10-17(11-13-18)21-9-5-15-29-21/h2-3,5,7-13,15,19H,4,6,14,16H2,1H3. The van der Waals surface area contributed by atoms with Crippen LogP contribution in [0.4, 0.5) is 0 Å². The summed E-state index contributed by atoms with van der Waals surface area (Å²) in [4.78, 5) is 27.8. The van der Waals surface area contributed by atoms with Gasteiger partial charge >= 0.3 is 0 Å². The molecule has 4 rings (SSSR count). The molecular weight excluding hydrogens is 366 g/mol. The average molecular weight is 389 g/mol. The van der Waals surface area contributed by atoms with E-state index in [1.165, 1.54) is 0 Å². The third kappa shape index (κ3) is 3.94. The lowest BCUT2D eigenvalue weighted by atomic mass is 9.89. The van der Waals surface area contributed by atoms with Gasteiger partial charge in [-0.3, -0.25) is 9.59 Å². The number of likely N-dealkylation sites (tertiary alicyclic amines) is 1. The van der Waals surface area contributed by atoms with Crippen LogP contribution in [0.3, 0.4) is 0 Å². The average Bonchev–Trinajstić information content (AvgIpc) is 3.33. The Morgan fingerprint density at radius 3 is 2.55 bits per heavy atom. The summed E-state index contributed by atoms with van der Waals surface area (Å²) in [5.41, 5.74) is 2.12. The third-order valence-electron chi connectivity index (χ3n) is 5.39. The minimum Gasteiger partial charge on any atom is -0.496 e. The molecule has 1 saturated heterocycles. The summed E-state index contributed by atoms with van der Waals surface area (Å²) in [5, 5.41) is 0. The highest BCUT2D eigenvalue weighted by molar-refractivity contribution is 6.01. The number of amides is 1. The number of carbonyl (C=O) groups excluding carboxylic acids is 2. The molecule has 148 valence electrons. The fourth-order valence-corrected chi connectivity index (χ4v) is 3.85. The van der Waals surface area contributed by atoms with Crippen LogP contribution in [0.25, 0.3) is 11.3 Å². The van der Waals surface area contributed by atoms with E-state index in [9.17, 15) is 9.59 Å². The molecule has 1 fully saturated rings. The number of para-hydroxylation sites is 1. The minimum absolute atomic E-state index is 0.0353. The summed E-state index contributed by atoms with van der Waals surface area (Å²) < 4.78 is 10.7. The second-order valence-corrected chi connectivity index (χ2v) is 7.21. The second kappa shape index (κ2) is 8.35. The van der Waals surface area contributed by atoms with Gasteiger partial charge in [-0.05, 0) is 49.2 Å². The number of benzene rings is 2. The number of Topliss-reactive ketones (excluding diaryl/α,β-unsaturated/α-hetero) is 1. The van der Waals surface area contributed by atoms with Crippen molar-refractivity contribution in [1.29, 1.82) is 0 Å². The summed E-state index contributed by atoms with van der Waals surface area (Å²) in [5.74, 6) is 1.12. The Kier molecular flexibility index (Phi) is 5.47. The maximum atomic E-state index is 13.0. The number of rotatable bonds is 5. The van der Waals surface area contributed by atoms with Gasteiger partial charge in [0.1, 0.15) is 11.5 Å². The Hall–Kier alpha value is -3.34. The van der Waals surface area contributed by atoms with Crippen molar-refractivity contribution in [2.45, 2.75) is 12.8 Å². The van der Waals surface area contributed by atoms with Crippen LogP contribution in [0.2, 0.25) is 0 Å². The minimum atomic E-state index is -0.216. The van der Waals surface area contributed by atoms with Crippen molar-refractivity contribution in [3.05, 3.63) is 78.1 Å². The lowest BCUT2D eigenvalue weighted by Crippen LogP contribution is -2.42. The van der Waals surface area contributed by atoms with E-state index in [1.807, 2.05) is 48.5 Å². The summed E-state index contributed by atoms with van der Waals surface area (Å²) >= 11 is 0. The van der Waals surface area contributed by atoms with Crippen molar-refractivity contribution in [2.24, 2.45) is 5.92 Å². The van der Waals surface area contributed by atoms with Gasteiger partial charge in [0.25, 0.3) is 5.91 Å². The number of hydrogen-bond acceptors (Lipinski definition) is 4. The van der Waals surface area contributed by atoms with Gasteiger partial charge in [-0.1, -0.05) is 24.3 Å². The number of ketones is 1. The number of carbonyl (C=O) groups is 2. The molecule has 0 bridgehead atoms. The lowest BCUT2D eigenvalue weighted by Gasteiger charge is -2.32. The topological polar surface area (TPSA) is 59.8 Å². The van der Waals surface area contributed by atoms with Gasteiger partial charge in [0.2, 0.25) is 0 Å². The highest BCUT2D eigenvalue weighted by Crippen LogP contribution is 2.27. The van der Waals surface area contributed by atoms with Gasteiger partial charge in [-0.25, -0.2) is 0 Å². The zero-order chi connectivity index (χ0) is 20.2. The molecule has 1 aliphatic rings.